The number of benzene rings is 1. The number of carbonyl (C=O) groups excluding carboxylic acids is 2. The van der Waals surface area contributed by atoms with Crippen LogP contribution in [-0.4, -0.2) is 55.6 Å². The van der Waals surface area contributed by atoms with Crippen LogP contribution in [0.1, 0.15) is 24.2 Å². The molecular weight excluding hydrogens is 318 g/mol. The number of anilines is 1. The van der Waals surface area contributed by atoms with Crippen LogP contribution >= 0.6 is 12.4 Å². The summed E-state index contributed by atoms with van der Waals surface area (Å²) in [7, 11) is 0. The highest BCUT2D eigenvalue weighted by atomic mass is 35.5. The molecule has 0 saturated carbocycles. The average Bonchev–Trinajstić information content (AvgIpc) is 2.57. The van der Waals surface area contributed by atoms with Crippen molar-refractivity contribution in [3.8, 4) is 0 Å². The number of ether oxygens (including phenoxy) is 1. The van der Waals surface area contributed by atoms with Gasteiger partial charge in [0.25, 0.3) is 5.91 Å². The van der Waals surface area contributed by atoms with Gasteiger partial charge >= 0.3 is 0 Å². The van der Waals surface area contributed by atoms with E-state index < -0.39 is 0 Å². The van der Waals surface area contributed by atoms with Crippen LogP contribution < -0.4 is 10.6 Å². The monoisotopic (exact) mass is 341 g/mol. The van der Waals surface area contributed by atoms with Crippen molar-refractivity contribution in [2.24, 2.45) is 0 Å². The van der Waals surface area contributed by atoms with Crippen LogP contribution in [0.15, 0.2) is 24.3 Å². The SMILES string of the molecule is CCN(CC)C(=O)c1ccc(NC(=O)C2COCCN2)cc1.Cl. The molecule has 0 spiro atoms. The molecule has 0 radical (unpaired) electrons. The number of morpholine rings is 1. The van der Waals surface area contributed by atoms with Gasteiger partial charge in [-0.3, -0.25) is 9.59 Å². The van der Waals surface area contributed by atoms with Gasteiger partial charge in [-0.1, -0.05) is 0 Å². The molecular formula is C16H24ClN3O3. The first-order chi connectivity index (χ1) is 10.7. The van der Waals surface area contributed by atoms with E-state index in [0.717, 1.165) is 0 Å². The predicted octanol–water partition coefficient (Wildman–Crippen LogP) is 1.52. The third kappa shape index (κ3) is 5.20. The average molecular weight is 342 g/mol. The Morgan fingerprint density at radius 1 is 1.26 bits per heavy atom. The third-order valence-corrected chi connectivity index (χ3v) is 3.69. The van der Waals surface area contributed by atoms with E-state index in [2.05, 4.69) is 10.6 Å². The van der Waals surface area contributed by atoms with Crippen molar-refractivity contribution >= 4 is 29.9 Å². The molecule has 1 aliphatic rings. The Bertz CT molecular complexity index is 512. The Morgan fingerprint density at radius 2 is 1.91 bits per heavy atom. The zero-order valence-corrected chi connectivity index (χ0v) is 14.3. The molecule has 23 heavy (non-hydrogen) atoms. The minimum Gasteiger partial charge on any atom is -0.378 e. The lowest BCUT2D eigenvalue weighted by atomic mass is 10.1. The van der Waals surface area contributed by atoms with E-state index in [-0.39, 0.29) is 30.3 Å². The number of rotatable bonds is 5. The van der Waals surface area contributed by atoms with Crippen molar-refractivity contribution in [3.63, 3.8) is 0 Å². The molecule has 1 unspecified atom stereocenters. The number of nitrogens with zero attached hydrogens (tertiary/aromatic N) is 1. The normalized spacial score (nSPS) is 17.0. The van der Waals surface area contributed by atoms with Crippen LogP contribution in [0.4, 0.5) is 5.69 Å². The molecule has 128 valence electrons. The fourth-order valence-electron chi connectivity index (χ4n) is 2.35. The number of halogens is 1. The molecule has 0 aliphatic carbocycles. The van der Waals surface area contributed by atoms with Crippen molar-refractivity contribution in [1.82, 2.24) is 10.2 Å². The van der Waals surface area contributed by atoms with E-state index in [4.69, 9.17) is 4.74 Å². The molecule has 2 rings (SSSR count). The molecule has 6 nitrogen and oxygen atoms in total. The van der Waals surface area contributed by atoms with Gasteiger partial charge in [0, 0.05) is 30.9 Å². The number of amides is 2. The van der Waals surface area contributed by atoms with Gasteiger partial charge in [-0.25, -0.2) is 0 Å². The molecule has 1 fully saturated rings. The lowest BCUT2D eigenvalue weighted by molar-refractivity contribution is -0.120. The Balaban J connectivity index is 0.00000264. The molecule has 1 aromatic rings. The van der Waals surface area contributed by atoms with Gasteiger partial charge < -0.3 is 20.3 Å². The summed E-state index contributed by atoms with van der Waals surface area (Å²) in [5, 5.41) is 5.93. The minimum atomic E-state index is -0.328. The van der Waals surface area contributed by atoms with E-state index in [1.165, 1.54) is 0 Å². The van der Waals surface area contributed by atoms with E-state index in [1.54, 1.807) is 29.2 Å². The first-order valence-electron chi connectivity index (χ1n) is 7.67. The van der Waals surface area contributed by atoms with Gasteiger partial charge in [-0.2, -0.15) is 0 Å². The van der Waals surface area contributed by atoms with Crippen LogP contribution in [0.5, 0.6) is 0 Å². The molecule has 1 aromatic carbocycles. The number of hydrogen-bond donors (Lipinski definition) is 2. The highest BCUT2D eigenvalue weighted by molar-refractivity contribution is 5.97. The minimum absolute atomic E-state index is 0. The Hall–Kier alpha value is -1.63. The maximum atomic E-state index is 12.2. The van der Waals surface area contributed by atoms with Gasteiger partial charge in [0.05, 0.1) is 13.2 Å². The smallest absolute Gasteiger partial charge is 0.253 e. The summed E-state index contributed by atoms with van der Waals surface area (Å²) in [6.07, 6.45) is 0. The summed E-state index contributed by atoms with van der Waals surface area (Å²) in [5.74, 6) is -0.118. The molecule has 2 amide bonds. The zero-order chi connectivity index (χ0) is 15.9. The molecule has 0 aromatic heterocycles. The van der Waals surface area contributed by atoms with Crippen LogP contribution in [0.25, 0.3) is 0 Å². The summed E-state index contributed by atoms with van der Waals surface area (Å²) >= 11 is 0. The highest BCUT2D eigenvalue weighted by Gasteiger charge is 2.21. The summed E-state index contributed by atoms with van der Waals surface area (Å²) in [4.78, 5) is 26.0. The highest BCUT2D eigenvalue weighted by Crippen LogP contribution is 2.12. The maximum absolute atomic E-state index is 12.2. The fraction of sp³-hybridized carbons (Fsp3) is 0.500. The van der Waals surface area contributed by atoms with Crippen LogP contribution in [0.3, 0.4) is 0 Å². The molecule has 1 heterocycles. The van der Waals surface area contributed by atoms with E-state index in [0.29, 0.717) is 44.1 Å². The molecule has 1 saturated heterocycles. The zero-order valence-electron chi connectivity index (χ0n) is 13.5. The van der Waals surface area contributed by atoms with Gasteiger partial charge in [0.15, 0.2) is 0 Å². The van der Waals surface area contributed by atoms with Crippen molar-refractivity contribution in [2.75, 3.05) is 38.2 Å². The van der Waals surface area contributed by atoms with E-state index in [9.17, 15) is 9.59 Å². The van der Waals surface area contributed by atoms with Crippen molar-refractivity contribution < 1.29 is 14.3 Å². The first-order valence-corrected chi connectivity index (χ1v) is 7.67. The lowest BCUT2D eigenvalue weighted by Crippen LogP contribution is -2.48. The number of nitrogens with one attached hydrogen (secondary N) is 2. The second kappa shape index (κ2) is 9.50. The van der Waals surface area contributed by atoms with Crippen LogP contribution in [0.2, 0.25) is 0 Å². The molecule has 1 aliphatic heterocycles. The third-order valence-electron chi connectivity index (χ3n) is 3.69. The fourth-order valence-corrected chi connectivity index (χ4v) is 2.35. The first kappa shape index (κ1) is 19.4. The van der Waals surface area contributed by atoms with E-state index >= 15 is 0 Å². The largest absolute Gasteiger partial charge is 0.378 e. The summed E-state index contributed by atoms with van der Waals surface area (Å²) in [5.41, 5.74) is 1.30. The Labute approximate surface area is 143 Å². The molecule has 0 bridgehead atoms. The molecule has 2 N–H and O–H groups in total. The quantitative estimate of drug-likeness (QED) is 0.852. The topological polar surface area (TPSA) is 70.7 Å². The molecule has 7 heteroatoms. The van der Waals surface area contributed by atoms with Gasteiger partial charge in [0.2, 0.25) is 5.91 Å². The molecule has 1 atom stereocenters. The summed E-state index contributed by atoms with van der Waals surface area (Å²) < 4.78 is 5.27. The van der Waals surface area contributed by atoms with Gasteiger partial charge in [-0.15, -0.1) is 12.4 Å². The summed E-state index contributed by atoms with van der Waals surface area (Å²) in [6, 6.07) is 6.64. The second-order valence-electron chi connectivity index (χ2n) is 5.13. The van der Waals surface area contributed by atoms with Crippen LogP contribution in [0, 0.1) is 0 Å². The maximum Gasteiger partial charge on any atom is 0.253 e. The van der Waals surface area contributed by atoms with Crippen molar-refractivity contribution in [2.45, 2.75) is 19.9 Å². The van der Waals surface area contributed by atoms with Gasteiger partial charge in [0.1, 0.15) is 6.04 Å². The number of carbonyl (C=O) groups is 2. The lowest BCUT2D eigenvalue weighted by Gasteiger charge is -2.23. The van der Waals surface area contributed by atoms with Crippen molar-refractivity contribution in [3.05, 3.63) is 29.8 Å². The second-order valence-corrected chi connectivity index (χ2v) is 5.13. The predicted molar refractivity (Wildman–Crippen MR) is 92.2 cm³/mol. The van der Waals surface area contributed by atoms with E-state index in [1.807, 2.05) is 13.8 Å². The summed E-state index contributed by atoms with van der Waals surface area (Å²) in [6.45, 7) is 6.96. The van der Waals surface area contributed by atoms with Crippen LogP contribution in [-0.2, 0) is 9.53 Å². The Morgan fingerprint density at radius 3 is 2.43 bits per heavy atom. The van der Waals surface area contributed by atoms with Gasteiger partial charge in [-0.05, 0) is 38.1 Å². The number of hydrogen-bond acceptors (Lipinski definition) is 4. The standard InChI is InChI=1S/C16H23N3O3.ClH/c1-3-19(4-2)16(21)12-5-7-13(8-6-12)18-15(20)14-11-22-10-9-17-14;/h5-8,14,17H,3-4,9-11H2,1-2H3,(H,18,20);1H. The Kier molecular flexibility index (Phi) is 8.02. The van der Waals surface area contributed by atoms with Crippen molar-refractivity contribution in [1.29, 1.82) is 0 Å².